The van der Waals surface area contributed by atoms with Crippen LogP contribution in [0.25, 0.3) is 0 Å². The van der Waals surface area contributed by atoms with Crippen LogP contribution in [0.4, 0.5) is 11.4 Å². The third-order valence-corrected chi connectivity index (χ3v) is 6.10. The summed E-state index contributed by atoms with van der Waals surface area (Å²) in [5.74, 6) is -0.201. The predicted octanol–water partition coefficient (Wildman–Crippen LogP) is 4.92. The van der Waals surface area contributed by atoms with Crippen molar-refractivity contribution in [1.82, 2.24) is 0 Å². The predicted molar refractivity (Wildman–Crippen MR) is 103 cm³/mol. The lowest BCUT2D eigenvalue weighted by atomic mass is 10.1. The molecule has 3 heterocycles. The van der Waals surface area contributed by atoms with E-state index in [1.165, 1.54) is 22.7 Å². The number of amides is 2. The molecule has 4 rings (SSSR count). The Balaban J connectivity index is 1.58. The van der Waals surface area contributed by atoms with E-state index in [0.29, 0.717) is 21.4 Å². The quantitative estimate of drug-likeness (QED) is 0.692. The highest BCUT2D eigenvalue weighted by Gasteiger charge is 2.26. The van der Waals surface area contributed by atoms with Crippen LogP contribution >= 0.6 is 34.3 Å². The van der Waals surface area contributed by atoms with Gasteiger partial charge >= 0.3 is 0 Å². The Morgan fingerprint density at radius 3 is 2.72 bits per heavy atom. The number of halogens is 1. The molecule has 3 aromatic rings. The number of carbonyl (C=O) groups is 2. The van der Waals surface area contributed by atoms with E-state index in [1.807, 2.05) is 35.7 Å². The zero-order valence-electron chi connectivity index (χ0n) is 13.0. The molecule has 25 heavy (non-hydrogen) atoms. The van der Waals surface area contributed by atoms with Gasteiger partial charge in [0.2, 0.25) is 0 Å². The van der Waals surface area contributed by atoms with Gasteiger partial charge in [-0.25, -0.2) is 0 Å². The van der Waals surface area contributed by atoms with E-state index < -0.39 is 0 Å². The van der Waals surface area contributed by atoms with Crippen LogP contribution in [0.15, 0.2) is 47.8 Å². The minimum atomic E-state index is -0.203. The Bertz CT molecular complexity index is 950. The fraction of sp³-hybridized carbons (Fsp3) is 0.111. The van der Waals surface area contributed by atoms with Crippen LogP contribution in [0.2, 0.25) is 4.34 Å². The van der Waals surface area contributed by atoms with Gasteiger partial charge in [-0.15, -0.1) is 22.7 Å². The van der Waals surface area contributed by atoms with Crippen molar-refractivity contribution in [1.29, 1.82) is 0 Å². The lowest BCUT2D eigenvalue weighted by Gasteiger charge is -2.17. The second-order valence-corrected chi connectivity index (χ2v) is 8.25. The number of hydrogen-bond donors (Lipinski definition) is 1. The minimum Gasteiger partial charge on any atom is -0.321 e. The molecule has 4 nitrogen and oxygen atoms in total. The van der Waals surface area contributed by atoms with Crippen molar-refractivity contribution in [2.24, 2.45) is 0 Å². The van der Waals surface area contributed by atoms with E-state index in [1.54, 1.807) is 17.0 Å². The molecule has 0 fully saturated rings. The maximum absolute atomic E-state index is 12.7. The third kappa shape index (κ3) is 3.20. The largest absolute Gasteiger partial charge is 0.321 e. The zero-order chi connectivity index (χ0) is 17.4. The molecule has 126 valence electrons. The number of thiophene rings is 2. The fourth-order valence-electron chi connectivity index (χ4n) is 2.83. The van der Waals surface area contributed by atoms with E-state index in [4.69, 9.17) is 11.6 Å². The average molecular weight is 389 g/mol. The van der Waals surface area contributed by atoms with Gasteiger partial charge in [-0.2, -0.15) is 0 Å². The third-order valence-electron chi connectivity index (χ3n) is 4.01. The van der Waals surface area contributed by atoms with E-state index in [2.05, 4.69) is 5.32 Å². The van der Waals surface area contributed by atoms with Crippen LogP contribution in [0.3, 0.4) is 0 Å². The summed E-state index contributed by atoms with van der Waals surface area (Å²) in [7, 11) is 0. The molecular weight excluding hydrogens is 376 g/mol. The summed E-state index contributed by atoms with van der Waals surface area (Å²) in [6, 6.07) is 12.8. The number of nitrogens with one attached hydrogen (secondary N) is 1. The first kappa shape index (κ1) is 16.3. The highest BCUT2D eigenvalue weighted by atomic mass is 35.5. The average Bonchev–Trinajstić information content (AvgIpc) is 3.34. The summed E-state index contributed by atoms with van der Waals surface area (Å²) < 4.78 is 0.576. The van der Waals surface area contributed by atoms with Crippen LogP contribution in [-0.2, 0) is 6.42 Å². The summed E-state index contributed by atoms with van der Waals surface area (Å²) >= 11 is 8.55. The second kappa shape index (κ2) is 6.63. The SMILES string of the molecule is O=C(Nc1ccc2c(c1)N(C(=O)c1cccs1)CC2)c1ccc(Cl)s1. The summed E-state index contributed by atoms with van der Waals surface area (Å²) in [5.41, 5.74) is 2.64. The Labute approximate surface area is 157 Å². The molecule has 0 radical (unpaired) electrons. The summed E-state index contributed by atoms with van der Waals surface area (Å²) in [5, 5.41) is 4.77. The molecular formula is C18H13ClN2O2S2. The maximum atomic E-state index is 12.7. The van der Waals surface area contributed by atoms with Crippen molar-refractivity contribution in [2.45, 2.75) is 6.42 Å². The smallest absolute Gasteiger partial charge is 0.268 e. The van der Waals surface area contributed by atoms with E-state index >= 15 is 0 Å². The van der Waals surface area contributed by atoms with Crippen LogP contribution in [0.5, 0.6) is 0 Å². The molecule has 1 N–H and O–H groups in total. The van der Waals surface area contributed by atoms with Gasteiger partial charge in [-0.05, 0) is 47.7 Å². The van der Waals surface area contributed by atoms with Gasteiger partial charge in [0.25, 0.3) is 11.8 Å². The number of fused-ring (bicyclic) bond motifs is 1. The zero-order valence-corrected chi connectivity index (χ0v) is 15.4. The van der Waals surface area contributed by atoms with Gasteiger partial charge in [0.15, 0.2) is 0 Å². The summed E-state index contributed by atoms with van der Waals surface area (Å²) in [6.07, 6.45) is 0.821. The molecule has 0 saturated carbocycles. The van der Waals surface area contributed by atoms with Gasteiger partial charge in [-0.3, -0.25) is 9.59 Å². The molecule has 0 saturated heterocycles. The molecule has 0 unspecified atom stereocenters. The van der Waals surface area contributed by atoms with Crippen LogP contribution in [-0.4, -0.2) is 18.4 Å². The first-order valence-corrected chi connectivity index (χ1v) is 9.74. The van der Waals surface area contributed by atoms with E-state index in [0.717, 1.165) is 22.5 Å². The Morgan fingerprint density at radius 1 is 1.12 bits per heavy atom. The summed E-state index contributed by atoms with van der Waals surface area (Å²) in [6.45, 7) is 0.657. The number of nitrogens with zero attached hydrogens (tertiary/aromatic N) is 1. The van der Waals surface area contributed by atoms with Crippen molar-refractivity contribution in [3.05, 3.63) is 67.5 Å². The fourth-order valence-corrected chi connectivity index (χ4v) is 4.44. The molecule has 1 aromatic carbocycles. The van der Waals surface area contributed by atoms with Gasteiger partial charge < -0.3 is 10.2 Å². The molecule has 1 aliphatic heterocycles. The summed E-state index contributed by atoms with van der Waals surface area (Å²) in [4.78, 5) is 28.0. The monoisotopic (exact) mass is 388 g/mol. The topological polar surface area (TPSA) is 49.4 Å². The number of rotatable bonds is 3. The van der Waals surface area contributed by atoms with E-state index in [9.17, 15) is 9.59 Å². The van der Waals surface area contributed by atoms with Crippen molar-refractivity contribution < 1.29 is 9.59 Å². The van der Waals surface area contributed by atoms with Gasteiger partial charge in [0, 0.05) is 17.9 Å². The standard InChI is InChI=1S/C18H13ClN2O2S2/c19-16-6-5-14(25-16)17(22)20-12-4-3-11-7-8-21(13(11)10-12)18(23)15-2-1-9-24-15/h1-6,9-10H,7-8H2,(H,20,22). The van der Waals surface area contributed by atoms with Gasteiger partial charge in [-0.1, -0.05) is 23.7 Å². The molecule has 2 aromatic heterocycles. The van der Waals surface area contributed by atoms with E-state index in [-0.39, 0.29) is 11.8 Å². The minimum absolute atomic E-state index is 0.00210. The first-order chi connectivity index (χ1) is 12.1. The van der Waals surface area contributed by atoms with Crippen molar-refractivity contribution in [2.75, 3.05) is 16.8 Å². The van der Waals surface area contributed by atoms with Crippen LogP contribution < -0.4 is 10.2 Å². The Hall–Kier alpha value is -2.15. The van der Waals surface area contributed by atoms with Gasteiger partial charge in [0.05, 0.1) is 14.1 Å². The highest BCUT2D eigenvalue weighted by Crippen LogP contribution is 2.33. The molecule has 7 heteroatoms. The van der Waals surface area contributed by atoms with Gasteiger partial charge in [0.1, 0.15) is 0 Å². The molecule has 0 atom stereocenters. The van der Waals surface area contributed by atoms with Crippen LogP contribution in [0.1, 0.15) is 24.9 Å². The number of hydrogen-bond acceptors (Lipinski definition) is 4. The molecule has 0 aliphatic carbocycles. The lowest BCUT2D eigenvalue weighted by Crippen LogP contribution is -2.28. The van der Waals surface area contributed by atoms with Crippen LogP contribution in [0, 0.1) is 0 Å². The maximum Gasteiger partial charge on any atom is 0.268 e. The second-order valence-electron chi connectivity index (χ2n) is 5.59. The molecule has 1 aliphatic rings. The lowest BCUT2D eigenvalue weighted by molar-refractivity contribution is 0.0992. The first-order valence-electron chi connectivity index (χ1n) is 7.67. The van der Waals surface area contributed by atoms with Crippen molar-refractivity contribution >= 4 is 57.5 Å². The number of benzene rings is 1. The Morgan fingerprint density at radius 2 is 2.00 bits per heavy atom. The Kier molecular flexibility index (Phi) is 4.33. The normalized spacial score (nSPS) is 12.9. The van der Waals surface area contributed by atoms with Crippen molar-refractivity contribution in [3.63, 3.8) is 0 Å². The molecule has 2 amide bonds. The number of anilines is 2. The highest BCUT2D eigenvalue weighted by molar-refractivity contribution is 7.18. The van der Waals surface area contributed by atoms with Crippen molar-refractivity contribution in [3.8, 4) is 0 Å². The molecule has 0 bridgehead atoms. The number of carbonyl (C=O) groups excluding carboxylic acids is 2. The molecule has 0 spiro atoms.